The molecule has 0 aromatic heterocycles. The Hall–Kier alpha value is -0.170. The van der Waals surface area contributed by atoms with Crippen LogP contribution in [0.25, 0.3) is 0 Å². The highest BCUT2D eigenvalue weighted by Crippen LogP contribution is 2.20. The maximum Gasteiger partial charge on any atom is 0.282 e. The SMILES string of the molecule is CCNC1CCCN(S(=O)(=O)N2CCCCCC2)C1. The zero-order valence-corrected chi connectivity index (χ0v) is 12.8. The highest BCUT2D eigenvalue weighted by atomic mass is 32.2. The van der Waals surface area contributed by atoms with Gasteiger partial charge in [-0.15, -0.1) is 0 Å². The summed E-state index contributed by atoms with van der Waals surface area (Å²) in [4.78, 5) is 0. The number of hydrogen-bond donors (Lipinski definition) is 1. The Morgan fingerprint density at radius 1 is 1.00 bits per heavy atom. The number of nitrogens with one attached hydrogen (secondary N) is 1. The lowest BCUT2D eigenvalue weighted by molar-refractivity contribution is 0.263. The third-order valence-electron chi connectivity index (χ3n) is 4.09. The van der Waals surface area contributed by atoms with Gasteiger partial charge in [0.25, 0.3) is 10.2 Å². The van der Waals surface area contributed by atoms with Crippen molar-refractivity contribution >= 4 is 10.2 Å². The fraction of sp³-hybridized carbons (Fsp3) is 1.00. The minimum atomic E-state index is -3.23. The van der Waals surface area contributed by atoms with Crippen LogP contribution in [0.1, 0.15) is 45.4 Å². The molecule has 0 bridgehead atoms. The van der Waals surface area contributed by atoms with Gasteiger partial charge in [0.2, 0.25) is 0 Å². The molecule has 5 nitrogen and oxygen atoms in total. The lowest BCUT2D eigenvalue weighted by Gasteiger charge is -2.35. The summed E-state index contributed by atoms with van der Waals surface area (Å²) < 4.78 is 28.7. The molecule has 0 saturated carbocycles. The molecule has 2 fully saturated rings. The minimum absolute atomic E-state index is 0.320. The lowest BCUT2D eigenvalue weighted by atomic mass is 10.1. The van der Waals surface area contributed by atoms with Crippen molar-refractivity contribution < 1.29 is 8.42 Å². The van der Waals surface area contributed by atoms with E-state index < -0.39 is 10.2 Å². The van der Waals surface area contributed by atoms with Crippen LogP contribution in [0.4, 0.5) is 0 Å². The number of rotatable bonds is 4. The fourth-order valence-electron chi connectivity index (χ4n) is 3.04. The average Bonchev–Trinajstić information content (AvgIpc) is 2.69. The molecule has 1 atom stereocenters. The summed E-state index contributed by atoms with van der Waals surface area (Å²) in [6.07, 6.45) is 6.37. The highest BCUT2D eigenvalue weighted by molar-refractivity contribution is 7.86. The van der Waals surface area contributed by atoms with Crippen LogP contribution in [0, 0.1) is 0 Å². The van der Waals surface area contributed by atoms with Crippen molar-refractivity contribution in [2.75, 3.05) is 32.7 Å². The summed E-state index contributed by atoms with van der Waals surface area (Å²) in [5, 5.41) is 3.38. The van der Waals surface area contributed by atoms with Gasteiger partial charge in [-0.2, -0.15) is 17.0 Å². The van der Waals surface area contributed by atoms with Gasteiger partial charge in [-0.3, -0.25) is 0 Å². The smallest absolute Gasteiger partial charge is 0.282 e. The van der Waals surface area contributed by atoms with Crippen molar-refractivity contribution in [1.29, 1.82) is 0 Å². The van der Waals surface area contributed by atoms with E-state index in [1.807, 2.05) is 0 Å². The van der Waals surface area contributed by atoms with Crippen LogP contribution in [-0.2, 0) is 10.2 Å². The first-order valence-electron chi connectivity index (χ1n) is 7.63. The summed E-state index contributed by atoms with van der Waals surface area (Å²) in [6.45, 7) is 5.69. The first-order valence-corrected chi connectivity index (χ1v) is 9.03. The predicted molar refractivity (Wildman–Crippen MR) is 77.2 cm³/mol. The minimum Gasteiger partial charge on any atom is -0.313 e. The molecule has 0 aromatic carbocycles. The molecule has 0 spiro atoms. The van der Waals surface area contributed by atoms with E-state index in [1.54, 1.807) is 8.61 Å². The second kappa shape index (κ2) is 7.02. The number of nitrogens with zero attached hydrogens (tertiary/aromatic N) is 2. The lowest BCUT2D eigenvalue weighted by Crippen LogP contribution is -2.52. The van der Waals surface area contributed by atoms with Crippen LogP contribution in [-0.4, -0.2) is 55.8 Å². The van der Waals surface area contributed by atoms with Gasteiger partial charge in [0.15, 0.2) is 0 Å². The van der Waals surface area contributed by atoms with Crippen molar-refractivity contribution in [3.8, 4) is 0 Å². The molecule has 6 heteroatoms. The van der Waals surface area contributed by atoms with E-state index in [0.717, 1.165) is 45.1 Å². The molecule has 19 heavy (non-hydrogen) atoms. The van der Waals surface area contributed by atoms with Gasteiger partial charge in [-0.05, 0) is 32.2 Å². The molecule has 2 aliphatic rings. The van der Waals surface area contributed by atoms with Crippen molar-refractivity contribution in [3.63, 3.8) is 0 Å². The predicted octanol–water partition coefficient (Wildman–Crippen LogP) is 1.18. The van der Waals surface area contributed by atoms with Crippen molar-refractivity contribution in [2.45, 2.75) is 51.5 Å². The van der Waals surface area contributed by atoms with Gasteiger partial charge >= 0.3 is 0 Å². The zero-order valence-electron chi connectivity index (χ0n) is 12.0. The van der Waals surface area contributed by atoms with Crippen LogP contribution < -0.4 is 5.32 Å². The van der Waals surface area contributed by atoms with E-state index in [1.165, 1.54) is 0 Å². The zero-order chi connectivity index (χ0) is 13.7. The summed E-state index contributed by atoms with van der Waals surface area (Å²) in [5.74, 6) is 0. The van der Waals surface area contributed by atoms with E-state index in [9.17, 15) is 8.42 Å². The average molecular weight is 289 g/mol. The molecule has 1 N–H and O–H groups in total. The van der Waals surface area contributed by atoms with Gasteiger partial charge in [-0.1, -0.05) is 19.8 Å². The molecule has 0 aromatic rings. The van der Waals surface area contributed by atoms with Gasteiger partial charge in [0.05, 0.1) is 0 Å². The summed E-state index contributed by atoms with van der Waals surface area (Å²) in [7, 11) is -3.23. The molecule has 2 heterocycles. The Balaban J connectivity index is 2.01. The van der Waals surface area contributed by atoms with Gasteiger partial charge in [-0.25, -0.2) is 0 Å². The molecule has 1 unspecified atom stereocenters. The Morgan fingerprint density at radius 3 is 2.26 bits per heavy atom. The number of piperidine rings is 1. The summed E-state index contributed by atoms with van der Waals surface area (Å²) in [6, 6.07) is 0.320. The van der Waals surface area contributed by atoms with E-state index in [2.05, 4.69) is 12.2 Å². The topological polar surface area (TPSA) is 52.7 Å². The van der Waals surface area contributed by atoms with Crippen molar-refractivity contribution in [1.82, 2.24) is 13.9 Å². The second-order valence-electron chi connectivity index (χ2n) is 5.58. The molecular weight excluding hydrogens is 262 g/mol. The molecule has 2 rings (SSSR count). The van der Waals surface area contributed by atoms with E-state index >= 15 is 0 Å². The third-order valence-corrected chi connectivity index (χ3v) is 6.10. The molecule has 2 aliphatic heterocycles. The Bertz CT molecular complexity index is 362. The highest BCUT2D eigenvalue weighted by Gasteiger charge is 2.33. The van der Waals surface area contributed by atoms with E-state index in [0.29, 0.717) is 32.2 Å². The first kappa shape index (κ1) is 15.2. The number of hydrogen-bond acceptors (Lipinski definition) is 3. The van der Waals surface area contributed by atoms with Crippen molar-refractivity contribution in [3.05, 3.63) is 0 Å². The molecule has 0 aliphatic carbocycles. The quantitative estimate of drug-likeness (QED) is 0.845. The fourth-order valence-corrected chi connectivity index (χ4v) is 4.82. The second-order valence-corrected chi connectivity index (χ2v) is 7.50. The maximum atomic E-state index is 12.7. The maximum absolute atomic E-state index is 12.7. The Labute approximate surface area is 117 Å². The van der Waals surface area contributed by atoms with Crippen LogP contribution in [0.3, 0.4) is 0 Å². The van der Waals surface area contributed by atoms with Crippen LogP contribution >= 0.6 is 0 Å². The van der Waals surface area contributed by atoms with Crippen LogP contribution in [0.5, 0.6) is 0 Å². The van der Waals surface area contributed by atoms with Gasteiger partial charge < -0.3 is 5.32 Å². The Kier molecular flexibility index (Phi) is 5.62. The van der Waals surface area contributed by atoms with E-state index in [-0.39, 0.29) is 0 Å². The third kappa shape index (κ3) is 3.90. The largest absolute Gasteiger partial charge is 0.313 e. The molecule has 2 saturated heterocycles. The van der Waals surface area contributed by atoms with Gasteiger partial charge in [0.1, 0.15) is 0 Å². The summed E-state index contributed by atoms with van der Waals surface area (Å²) in [5.41, 5.74) is 0. The standard InChI is InChI=1S/C13H27N3O2S/c1-2-14-13-8-7-11-16(12-13)19(17,18)15-9-5-3-4-6-10-15/h13-14H,2-12H2,1H3. The van der Waals surface area contributed by atoms with Crippen LogP contribution in [0.2, 0.25) is 0 Å². The molecule has 112 valence electrons. The Morgan fingerprint density at radius 2 is 1.63 bits per heavy atom. The first-order chi connectivity index (χ1) is 9.14. The van der Waals surface area contributed by atoms with Crippen molar-refractivity contribution in [2.24, 2.45) is 0 Å². The van der Waals surface area contributed by atoms with Gasteiger partial charge in [0, 0.05) is 32.2 Å². The number of likely N-dealkylation sites (N-methyl/N-ethyl adjacent to an activating group) is 1. The van der Waals surface area contributed by atoms with E-state index in [4.69, 9.17) is 0 Å². The monoisotopic (exact) mass is 289 g/mol. The molecule has 0 radical (unpaired) electrons. The molecule has 0 amide bonds. The van der Waals surface area contributed by atoms with Crippen LogP contribution in [0.15, 0.2) is 0 Å². The summed E-state index contributed by atoms with van der Waals surface area (Å²) >= 11 is 0. The normalized spacial score (nSPS) is 28.2. The molecular formula is C13H27N3O2S.